The molecule has 0 aliphatic rings. The van der Waals surface area contributed by atoms with Crippen molar-refractivity contribution in [1.82, 2.24) is 19.1 Å². The molecule has 0 saturated heterocycles. The summed E-state index contributed by atoms with van der Waals surface area (Å²) in [7, 11) is 0. The van der Waals surface area contributed by atoms with Crippen LogP contribution in [0.15, 0.2) is 12.4 Å². The van der Waals surface area contributed by atoms with E-state index in [0.29, 0.717) is 21.2 Å². The topological polar surface area (TPSA) is 93.5 Å². The van der Waals surface area contributed by atoms with Crippen LogP contribution in [-0.4, -0.2) is 19.1 Å². The van der Waals surface area contributed by atoms with E-state index in [1.165, 1.54) is 0 Å². The number of nitrogen functional groups attached to an aromatic ring is 2. The van der Waals surface area contributed by atoms with Gasteiger partial charge in [-0.1, -0.05) is 12.8 Å². The van der Waals surface area contributed by atoms with Crippen molar-refractivity contribution in [3.63, 3.8) is 0 Å². The van der Waals surface area contributed by atoms with Crippen LogP contribution in [-0.2, 0) is 13.1 Å². The molecule has 2 rings (SSSR count). The molecule has 0 spiro atoms. The maximum absolute atomic E-state index is 5.81. The molecule has 0 radical (unpaired) electrons. The van der Waals surface area contributed by atoms with E-state index in [9.17, 15) is 0 Å². The number of hydrogen-bond acceptors (Lipinski definition) is 4. The van der Waals surface area contributed by atoms with E-state index in [1.54, 1.807) is 12.4 Å². The lowest BCUT2D eigenvalue weighted by Crippen LogP contribution is -2.04. The van der Waals surface area contributed by atoms with Crippen LogP contribution in [0.25, 0.3) is 0 Å². The molecule has 0 unspecified atom stereocenters. The van der Waals surface area contributed by atoms with E-state index in [4.69, 9.17) is 35.9 Å². The van der Waals surface area contributed by atoms with Crippen LogP contribution in [0.4, 0.5) is 11.6 Å². The Balaban J connectivity index is 1.68. The van der Waals surface area contributed by atoms with Gasteiger partial charge in [0.2, 0.25) is 0 Å². The zero-order chi connectivity index (χ0) is 14.5. The largest absolute Gasteiger partial charge is 0.384 e. The van der Waals surface area contributed by atoms with Gasteiger partial charge in [0.05, 0.1) is 0 Å². The van der Waals surface area contributed by atoms with Gasteiger partial charge in [0.25, 0.3) is 0 Å². The van der Waals surface area contributed by atoms with Crippen LogP contribution in [0.3, 0.4) is 0 Å². The number of H-pyrrole nitrogens is 2. The predicted octanol–water partition coefficient (Wildman–Crippen LogP) is 2.83. The standard InChI is InChI=1S/C12H20N6S2/c13-9-7-15-11(19)17(9)5-3-1-2-4-6-18-10(14)8-16-12(18)20/h7-8H,1-6,13-14H2,(H,15,19)(H,16,20). The van der Waals surface area contributed by atoms with Crippen molar-refractivity contribution in [3.8, 4) is 0 Å². The fourth-order valence-corrected chi connectivity index (χ4v) is 2.68. The second-order valence-electron chi connectivity index (χ2n) is 4.75. The first-order valence-electron chi connectivity index (χ1n) is 6.67. The number of anilines is 2. The summed E-state index contributed by atoms with van der Waals surface area (Å²) in [6.07, 6.45) is 7.85. The molecule has 2 aromatic heterocycles. The van der Waals surface area contributed by atoms with Gasteiger partial charge in [0.15, 0.2) is 9.54 Å². The molecule has 6 nitrogen and oxygen atoms in total. The summed E-state index contributed by atoms with van der Waals surface area (Å²) in [6, 6.07) is 0. The van der Waals surface area contributed by atoms with E-state index in [2.05, 4.69) is 9.97 Å². The highest BCUT2D eigenvalue weighted by molar-refractivity contribution is 7.71. The molecule has 110 valence electrons. The minimum absolute atomic E-state index is 0.689. The Morgan fingerprint density at radius 1 is 0.800 bits per heavy atom. The third kappa shape index (κ3) is 3.51. The van der Waals surface area contributed by atoms with Crippen LogP contribution >= 0.6 is 24.4 Å². The first-order valence-corrected chi connectivity index (χ1v) is 7.48. The average molecular weight is 312 g/mol. The molecule has 0 saturated carbocycles. The van der Waals surface area contributed by atoms with Gasteiger partial charge in [-0.2, -0.15) is 0 Å². The molecule has 0 aliphatic carbocycles. The fraction of sp³-hybridized carbons (Fsp3) is 0.500. The molecule has 0 atom stereocenters. The molecular formula is C12H20N6S2. The average Bonchev–Trinajstić information content (AvgIpc) is 2.90. The van der Waals surface area contributed by atoms with E-state index in [0.717, 1.165) is 38.8 Å². The number of aromatic nitrogens is 4. The summed E-state index contributed by atoms with van der Waals surface area (Å²) in [6.45, 7) is 1.72. The second-order valence-corrected chi connectivity index (χ2v) is 5.53. The van der Waals surface area contributed by atoms with Crippen molar-refractivity contribution < 1.29 is 0 Å². The smallest absolute Gasteiger partial charge is 0.178 e. The van der Waals surface area contributed by atoms with Crippen molar-refractivity contribution in [3.05, 3.63) is 21.9 Å². The quantitative estimate of drug-likeness (QED) is 0.467. The number of nitrogens with zero attached hydrogens (tertiary/aromatic N) is 2. The number of aromatic amines is 2. The number of nitrogens with two attached hydrogens (primary N) is 2. The van der Waals surface area contributed by atoms with Gasteiger partial charge in [-0.3, -0.25) is 0 Å². The maximum Gasteiger partial charge on any atom is 0.178 e. The monoisotopic (exact) mass is 312 g/mol. The van der Waals surface area contributed by atoms with Crippen LogP contribution in [0.5, 0.6) is 0 Å². The lowest BCUT2D eigenvalue weighted by Gasteiger charge is -2.06. The number of imidazole rings is 2. The van der Waals surface area contributed by atoms with E-state index in [-0.39, 0.29) is 0 Å². The van der Waals surface area contributed by atoms with Gasteiger partial charge in [0, 0.05) is 25.5 Å². The first kappa shape index (κ1) is 14.9. The van der Waals surface area contributed by atoms with Gasteiger partial charge < -0.3 is 30.6 Å². The van der Waals surface area contributed by atoms with E-state index >= 15 is 0 Å². The fourth-order valence-electron chi connectivity index (χ4n) is 2.17. The van der Waals surface area contributed by atoms with Crippen molar-refractivity contribution in [2.75, 3.05) is 11.5 Å². The van der Waals surface area contributed by atoms with Crippen LogP contribution in [0.1, 0.15) is 25.7 Å². The van der Waals surface area contributed by atoms with E-state index < -0.39 is 0 Å². The summed E-state index contributed by atoms with van der Waals surface area (Å²) in [5, 5.41) is 0. The van der Waals surface area contributed by atoms with E-state index in [1.807, 2.05) is 9.13 Å². The highest BCUT2D eigenvalue weighted by Gasteiger charge is 2.01. The normalized spacial score (nSPS) is 11.0. The number of hydrogen-bond donors (Lipinski definition) is 4. The lowest BCUT2D eigenvalue weighted by molar-refractivity contribution is 0.539. The number of nitrogens with one attached hydrogen (secondary N) is 2. The third-order valence-electron chi connectivity index (χ3n) is 3.31. The minimum atomic E-state index is 0.689. The molecule has 2 heterocycles. The Hall–Kier alpha value is -1.54. The minimum Gasteiger partial charge on any atom is -0.384 e. The molecule has 0 aromatic carbocycles. The Bertz CT molecular complexity index is 604. The number of unbranched alkanes of at least 4 members (excludes halogenated alkanes) is 3. The maximum atomic E-state index is 5.81. The number of rotatable bonds is 7. The van der Waals surface area contributed by atoms with Crippen LogP contribution in [0, 0.1) is 9.54 Å². The molecule has 0 amide bonds. The highest BCUT2D eigenvalue weighted by Crippen LogP contribution is 2.10. The highest BCUT2D eigenvalue weighted by atomic mass is 32.1. The summed E-state index contributed by atoms with van der Waals surface area (Å²) in [5.74, 6) is 1.39. The second kappa shape index (κ2) is 6.76. The molecule has 6 N–H and O–H groups in total. The van der Waals surface area contributed by atoms with Crippen molar-refractivity contribution in [2.24, 2.45) is 0 Å². The summed E-state index contributed by atoms with van der Waals surface area (Å²) in [5.41, 5.74) is 11.6. The molecule has 0 aliphatic heterocycles. The van der Waals surface area contributed by atoms with Crippen molar-refractivity contribution in [2.45, 2.75) is 38.8 Å². The lowest BCUT2D eigenvalue weighted by atomic mass is 10.2. The predicted molar refractivity (Wildman–Crippen MR) is 86.5 cm³/mol. The Morgan fingerprint density at radius 2 is 1.20 bits per heavy atom. The van der Waals surface area contributed by atoms with Crippen molar-refractivity contribution in [1.29, 1.82) is 0 Å². The van der Waals surface area contributed by atoms with Gasteiger partial charge in [-0.25, -0.2) is 0 Å². The third-order valence-corrected chi connectivity index (χ3v) is 3.99. The van der Waals surface area contributed by atoms with Gasteiger partial charge in [-0.15, -0.1) is 0 Å². The Kier molecular flexibility index (Phi) is 5.02. The molecular weight excluding hydrogens is 292 g/mol. The van der Waals surface area contributed by atoms with Gasteiger partial charge >= 0.3 is 0 Å². The van der Waals surface area contributed by atoms with Crippen LogP contribution < -0.4 is 11.5 Å². The molecule has 0 fully saturated rings. The summed E-state index contributed by atoms with van der Waals surface area (Å²) in [4.78, 5) is 5.88. The summed E-state index contributed by atoms with van der Waals surface area (Å²) >= 11 is 10.3. The first-order chi connectivity index (χ1) is 9.59. The molecule has 2 aromatic rings. The summed E-state index contributed by atoms with van der Waals surface area (Å²) < 4.78 is 5.23. The Morgan fingerprint density at radius 3 is 1.50 bits per heavy atom. The molecule has 20 heavy (non-hydrogen) atoms. The molecule has 0 bridgehead atoms. The van der Waals surface area contributed by atoms with Gasteiger partial charge in [-0.05, 0) is 37.3 Å². The van der Waals surface area contributed by atoms with Crippen molar-refractivity contribution >= 4 is 36.1 Å². The zero-order valence-corrected chi connectivity index (χ0v) is 12.9. The Labute approximate surface area is 127 Å². The van der Waals surface area contributed by atoms with Gasteiger partial charge in [0.1, 0.15) is 11.6 Å². The molecule has 8 heteroatoms. The van der Waals surface area contributed by atoms with Crippen LogP contribution in [0.2, 0.25) is 0 Å². The zero-order valence-electron chi connectivity index (χ0n) is 11.3. The SMILES string of the molecule is Nc1c[nH]c(=S)n1CCCCCCn1c(N)c[nH]c1=S.